The van der Waals surface area contributed by atoms with Gasteiger partial charge in [-0.1, -0.05) is 18.2 Å². The standard InChI is InChI=1S/C20H29N7O/c1-4-23-20(25-15(2)14-28-3)24-12-8-11-18-17(13-21)19(22)27(26-18)16-9-6-5-7-10-16/h5-7,9-10,15H,4,8,11-12,14,22H2,1-3H3,(H2,23,24,25). The lowest BCUT2D eigenvalue weighted by atomic mass is 10.1. The summed E-state index contributed by atoms with van der Waals surface area (Å²) in [6, 6.07) is 11.9. The van der Waals surface area contributed by atoms with Crippen LogP contribution in [0.2, 0.25) is 0 Å². The number of nitrogens with one attached hydrogen (secondary N) is 2. The van der Waals surface area contributed by atoms with Gasteiger partial charge in [-0.2, -0.15) is 10.4 Å². The number of anilines is 1. The fraction of sp³-hybridized carbons (Fsp3) is 0.450. The van der Waals surface area contributed by atoms with E-state index < -0.39 is 0 Å². The Balaban J connectivity index is 2.03. The Morgan fingerprint density at radius 1 is 1.39 bits per heavy atom. The maximum Gasteiger partial charge on any atom is 0.191 e. The molecule has 28 heavy (non-hydrogen) atoms. The van der Waals surface area contributed by atoms with Crippen LogP contribution in [-0.2, 0) is 11.2 Å². The van der Waals surface area contributed by atoms with Crippen LogP contribution in [0, 0.1) is 11.3 Å². The Morgan fingerprint density at radius 3 is 2.79 bits per heavy atom. The monoisotopic (exact) mass is 383 g/mol. The number of nitrogens with zero attached hydrogens (tertiary/aromatic N) is 4. The number of nitrogens with two attached hydrogens (primary N) is 1. The van der Waals surface area contributed by atoms with Gasteiger partial charge in [0, 0.05) is 26.2 Å². The Labute approximate surface area is 166 Å². The Morgan fingerprint density at radius 2 is 2.14 bits per heavy atom. The molecule has 0 spiro atoms. The number of aryl methyl sites for hydroxylation is 1. The SMILES string of the molecule is CCNC(=NCCCc1nn(-c2ccccc2)c(N)c1C#N)NC(C)COC. The number of methoxy groups -OCH3 is 1. The van der Waals surface area contributed by atoms with E-state index in [1.165, 1.54) is 0 Å². The molecule has 0 amide bonds. The highest BCUT2D eigenvalue weighted by Crippen LogP contribution is 2.21. The highest BCUT2D eigenvalue weighted by atomic mass is 16.5. The topological polar surface area (TPSA) is 113 Å². The summed E-state index contributed by atoms with van der Waals surface area (Å²) < 4.78 is 6.76. The number of hydrogen-bond donors (Lipinski definition) is 3. The van der Waals surface area contributed by atoms with Gasteiger partial charge in [-0.25, -0.2) is 4.68 Å². The van der Waals surface area contributed by atoms with Gasteiger partial charge < -0.3 is 21.1 Å². The molecule has 1 heterocycles. The first-order valence-corrected chi connectivity index (χ1v) is 9.47. The zero-order valence-electron chi connectivity index (χ0n) is 16.8. The van der Waals surface area contributed by atoms with Crippen LogP contribution in [0.15, 0.2) is 35.3 Å². The number of benzene rings is 1. The molecular weight excluding hydrogens is 354 g/mol. The van der Waals surface area contributed by atoms with E-state index in [4.69, 9.17) is 10.5 Å². The predicted octanol–water partition coefficient (Wildman–Crippen LogP) is 1.85. The Hall–Kier alpha value is -3.05. The number of nitriles is 1. The van der Waals surface area contributed by atoms with Crippen molar-refractivity contribution in [1.82, 2.24) is 20.4 Å². The fourth-order valence-corrected chi connectivity index (χ4v) is 2.82. The van der Waals surface area contributed by atoms with Crippen molar-refractivity contribution in [3.05, 3.63) is 41.6 Å². The first-order chi connectivity index (χ1) is 13.6. The van der Waals surface area contributed by atoms with Crippen molar-refractivity contribution in [2.75, 3.05) is 32.5 Å². The van der Waals surface area contributed by atoms with Gasteiger partial charge in [-0.05, 0) is 38.8 Å². The number of guanidine groups is 1. The zero-order chi connectivity index (χ0) is 20.4. The summed E-state index contributed by atoms with van der Waals surface area (Å²) in [5, 5.41) is 20.5. The average molecular weight is 384 g/mol. The van der Waals surface area contributed by atoms with Crippen molar-refractivity contribution in [3.63, 3.8) is 0 Å². The molecule has 1 atom stereocenters. The average Bonchev–Trinajstić information content (AvgIpc) is 3.01. The van der Waals surface area contributed by atoms with Crippen LogP contribution < -0.4 is 16.4 Å². The summed E-state index contributed by atoms with van der Waals surface area (Å²) in [6.45, 7) is 6.05. The van der Waals surface area contributed by atoms with Crippen LogP contribution in [0.1, 0.15) is 31.5 Å². The minimum absolute atomic E-state index is 0.161. The molecule has 2 aromatic rings. The van der Waals surface area contributed by atoms with Gasteiger partial charge in [-0.15, -0.1) is 0 Å². The van der Waals surface area contributed by atoms with Crippen molar-refractivity contribution < 1.29 is 4.74 Å². The molecule has 4 N–H and O–H groups in total. The lowest BCUT2D eigenvalue weighted by molar-refractivity contribution is 0.179. The minimum Gasteiger partial charge on any atom is -0.383 e. The number of para-hydroxylation sites is 1. The van der Waals surface area contributed by atoms with E-state index in [-0.39, 0.29) is 6.04 Å². The maximum absolute atomic E-state index is 9.48. The zero-order valence-corrected chi connectivity index (χ0v) is 16.8. The first kappa shape index (κ1) is 21.3. The second kappa shape index (κ2) is 10.9. The summed E-state index contributed by atoms with van der Waals surface area (Å²) in [5.41, 5.74) is 8.12. The summed E-state index contributed by atoms with van der Waals surface area (Å²) >= 11 is 0. The Bertz CT molecular complexity index is 808. The van der Waals surface area contributed by atoms with Crippen LogP contribution >= 0.6 is 0 Å². The molecule has 0 fully saturated rings. The number of rotatable bonds is 9. The smallest absolute Gasteiger partial charge is 0.191 e. The molecule has 0 aliphatic heterocycles. The molecule has 0 saturated heterocycles. The number of hydrogen-bond acceptors (Lipinski definition) is 5. The van der Waals surface area contributed by atoms with E-state index in [0.29, 0.717) is 36.6 Å². The Kier molecular flexibility index (Phi) is 8.31. The number of aromatic nitrogens is 2. The number of aliphatic imine (C=N–C) groups is 1. The minimum atomic E-state index is 0.161. The molecule has 150 valence electrons. The second-order valence-corrected chi connectivity index (χ2v) is 6.43. The first-order valence-electron chi connectivity index (χ1n) is 9.47. The predicted molar refractivity (Wildman–Crippen MR) is 111 cm³/mol. The van der Waals surface area contributed by atoms with E-state index in [9.17, 15) is 5.26 Å². The molecule has 1 aromatic carbocycles. The van der Waals surface area contributed by atoms with E-state index in [1.807, 2.05) is 44.2 Å². The van der Waals surface area contributed by atoms with Crippen LogP contribution in [0.4, 0.5) is 5.82 Å². The van der Waals surface area contributed by atoms with Gasteiger partial charge in [0.05, 0.1) is 18.0 Å². The van der Waals surface area contributed by atoms with Crippen LogP contribution in [-0.4, -0.2) is 48.6 Å². The van der Waals surface area contributed by atoms with Gasteiger partial charge in [-0.3, -0.25) is 4.99 Å². The quantitative estimate of drug-likeness (QED) is 0.346. The van der Waals surface area contributed by atoms with Crippen molar-refractivity contribution >= 4 is 11.8 Å². The third-order valence-corrected chi connectivity index (χ3v) is 4.09. The lowest BCUT2D eigenvalue weighted by Gasteiger charge is -2.16. The van der Waals surface area contributed by atoms with Gasteiger partial charge in [0.2, 0.25) is 0 Å². The summed E-state index contributed by atoms with van der Waals surface area (Å²) in [6.07, 6.45) is 1.39. The van der Waals surface area contributed by atoms with Crippen molar-refractivity contribution in [2.24, 2.45) is 4.99 Å². The number of nitrogen functional groups attached to an aromatic ring is 1. The van der Waals surface area contributed by atoms with Crippen molar-refractivity contribution in [2.45, 2.75) is 32.7 Å². The summed E-state index contributed by atoms with van der Waals surface area (Å²) in [4.78, 5) is 4.58. The molecule has 0 aliphatic rings. The maximum atomic E-state index is 9.48. The van der Waals surface area contributed by atoms with Crippen molar-refractivity contribution in [3.8, 4) is 11.8 Å². The third-order valence-electron chi connectivity index (χ3n) is 4.09. The van der Waals surface area contributed by atoms with Gasteiger partial charge in [0.15, 0.2) is 5.96 Å². The van der Waals surface area contributed by atoms with Crippen molar-refractivity contribution in [1.29, 1.82) is 5.26 Å². The molecule has 0 radical (unpaired) electrons. The molecule has 8 heteroatoms. The molecule has 0 saturated carbocycles. The molecule has 2 rings (SSSR count). The van der Waals surface area contributed by atoms with E-state index in [0.717, 1.165) is 24.6 Å². The van der Waals surface area contributed by atoms with E-state index >= 15 is 0 Å². The second-order valence-electron chi connectivity index (χ2n) is 6.43. The highest BCUT2D eigenvalue weighted by Gasteiger charge is 2.16. The van der Waals surface area contributed by atoms with Gasteiger partial charge >= 0.3 is 0 Å². The van der Waals surface area contributed by atoms with E-state index in [2.05, 4.69) is 26.8 Å². The molecule has 1 unspecified atom stereocenters. The molecule has 0 bridgehead atoms. The molecule has 0 aliphatic carbocycles. The van der Waals surface area contributed by atoms with Crippen LogP contribution in [0.5, 0.6) is 0 Å². The highest BCUT2D eigenvalue weighted by molar-refractivity contribution is 5.80. The van der Waals surface area contributed by atoms with E-state index in [1.54, 1.807) is 11.8 Å². The fourth-order valence-electron chi connectivity index (χ4n) is 2.82. The van der Waals surface area contributed by atoms with Gasteiger partial charge in [0.25, 0.3) is 0 Å². The lowest BCUT2D eigenvalue weighted by Crippen LogP contribution is -2.44. The molecule has 8 nitrogen and oxygen atoms in total. The van der Waals surface area contributed by atoms with Crippen LogP contribution in [0.3, 0.4) is 0 Å². The molecular formula is C20H29N7O. The summed E-state index contributed by atoms with van der Waals surface area (Å²) in [7, 11) is 1.68. The van der Waals surface area contributed by atoms with Crippen LogP contribution in [0.25, 0.3) is 5.69 Å². The van der Waals surface area contributed by atoms with Gasteiger partial charge in [0.1, 0.15) is 17.5 Å². The number of ether oxygens (including phenoxy) is 1. The largest absolute Gasteiger partial charge is 0.383 e. The normalized spacial score (nSPS) is 12.4. The summed E-state index contributed by atoms with van der Waals surface area (Å²) in [5.74, 6) is 1.12. The molecule has 1 aromatic heterocycles. The third kappa shape index (κ3) is 5.72.